The van der Waals surface area contributed by atoms with Crippen molar-refractivity contribution in [1.29, 1.82) is 0 Å². The largest absolute Gasteiger partial charge is 0.376 e. The van der Waals surface area contributed by atoms with E-state index in [4.69, 9.17) is 16.3 Å². The Morgan fingerprint density at radius 2 is 1.93 bits per heavy atom. The van der Waals surface area contributed by atoms with Crippen molar-refractivity contribution in [3.63, 3.8) is 0 Å². The molecule has 1 atom stereocenters. The molecule has 0 aromatic heterocycles. The fourth-order valence-electron chi connectivity index (χ4n) is 3.01. The van der Waals surface area contributed by atoms with Crippen LogP contribution in [0.4, 0.5) is 5.69 Å². The summed E-state index contributed by atoms with van der Waals surface area (Å²) >= 11 is 6.13. The molecular weight excluding hydrogens is 374 g/mol. The van der Waals surface area contributed by atoms with Crippen molar-refractivity contribution < 1.29 is 9.53 Å². The molecule has 5 nitrogen and oxygen atoms in total. The quantitative estimate of drug-likeness (QED) is 0.581. The van der Waals surface area contributed by atoms with Gasteiger partial charge < -0.3 is 10.1 Å². The topological polar surface area (TPSA) is 62.7 Å². The van der Waals surface area contributed by atoms with Crippen molar-refractivity contribution >= 4 is 29.2 Å². The van der Waals surface area contributed by atoms with E-state index in [1.54, 1.807) is 0 Å². The molecule has 1 aliphatic rings. The van der Waals surface area contributed by atoms with Gasteiger partial charge in [-0.1, -0.05) is 23.7 Å². The van der Waals surface area contributed by atoms with Crippen LogP contribution >= 0.6 is 11.6 Å². The van der Waals surface area contributed by atoms with Gasteiger partial charge in [0, 0.05) is 22.9 Å². The first-order valence-corrected chi connectivity index (χ1v) is 9.88. The van der Waals surface area contributed by atoms with E-state index >= 15 is 0 Å². The summed E-state index contributed by atoms with van der Waals surface area (Å²) in [5, 5.41) is 6.73. The zero-order valence-electron chi connectivity index (χ0n) is 16.5. The average Bonchev–Trinajstić information content (AvgIpc) is 3.18. The lowest BCUT2D eigenvalue weighted by Gasteiger charge is -2.15. The van der Waals surface area contributed by atoms with Gasteiger partial charge in [-0.2, -0.15) is 0 Å². The maximum atomic E-state index is 12.8. The smallest absolute Gasteiger partial charge is 0.257 e. The number of rotatable bonds is 4. The lowest BCUT2D eigenvalue weighted by Crippen LogP contribution is -2.37. The zero-order chi connectivity index (χ0) is 20.1. The molecule has 0 radical (unpaired) electrons. The number of hydrogen-bond acceptors (Lipinski definition) is 3. The van der Waals surface area contributed by atoms with Crippen LogP contribution in [0.15, 0.2) is 41.4 Å². The molecule has 1 aliphatic heterocycles. The van der Waals surface area contributed by atoms with Crippen LogP contribution in [0.5, 0.6) is 0 Å². The van der Waals surface area contributed by atoms with Crippen LogP contribution in [0.3, 0.4) is 0 Å². The van der Waals surface area contributed by atoms with Crippen molar-refractivity contribution in [3.05, 3.63) is 63.7 Å². The minimum absolute atomic E-state index is 0.0933. The number of carbonyl (C=O) groups is 1. The predicted octanol–water partition coefficient (Wildman–Crippen LogP) is 4.64. The number of guanidine groups is 1. The first-order chi connectivity index (χ1) is 13.4. The van der Waals surface area contributed by atoms with E-state index in [2.05, 4.69) is 15.6 Å². The first-order valence-electron chi connectivity index (χ1n) is 9.50. The number of carbonyl (C=O) groups excluding carboxylic acids is 1. The standard InChI is InChI=1S/C22H26ClN3O2/c1-14-6-8-17(11-16(14)3)21(27)26-22(24-13-19-5-4-10-28-19)25-20-12-18(23)9-7-15(20)2/h6-9,11-12,19H,4-5,10,13H2,1-3H3,(H2,24,25,26,27)/t19-/m1/s1. The second-order valence-corrected chi connectivity index (χ2v) is 7.60. The maximum absolute atomic E-state index is 12.8. The maximum Gasteiger partial charge on any atom is 0.257 e. The van der Waals surface area contributed by atoms with Gasteiger partial charge in [-0.15, -0.1) is 0 Å². The minimum atomic E-state index is -0.207. The summed E-state index contributed by atoms with van der Waals surface area (Å²) in [6, 6.07) is 11.2. The second kappa shape index (κ2) is 9.22. The number of amides is 1. The highest BCUT2D eigenvalue weighted by atomic mass is 35.5. The molecule has 6 heteroatoms. The average molecular weight is 400 g/mol. The van der Waals surface area contributed by atoms with E-state index in [1.165, 1.54) is 0 Å². The highest BCUT2D eigenvalue weighted by molar-refractivity contribution is 6.31. The molecule has 2 aromatic carbocycles. The van der Waals surface area contributed by atoms with Gasteiger partial charge in [-0.05, 0) is 74.6 Å². The fourth-order valence-corrected chi connectivity index (χ4v) is 3.18. The van der Waals surface area contributed by atoms with Gasteiger partial charge in [-0.3, -0.25) is 10.1 Å². The van der Waals surface area contributed by atoms with E-state index in [9.17, 15) is 4.79 Å². The Kier molecular flexibility index (Phi) is 6.70. The molecule has 1 fully saturated rings. The third kappa shape index (κ3) is 5.33. The summed E-state index contributed by atoms with van der Waals surface area (Å²) in [6.07, 6.45) is 2.12. The highest BCUT2D eigenvalue weighted by Gasteiger charge is 2.16. The van der Waals surface area contributed by atoms with Crippen molar-refractivity contribution in [3.8, 4) is 0 Å². The Hall–Kier alpha value is -2.37. The molecule has 1 amide bonds. The van der Waals surface area contributed by atoms with Gasteiger partial charge in [0.2, 0.25) is 5.96 Å². The molecule has 1 heterocycles. The van der Waals surface area contributed by atoms with Crippen LogP contribution in [0.1, 0.15) is 39.9 Å². The summed E-state index contributed by atoms with van der Waals surface area (Å²) in [5.41, 5.74) is 4.63. The Labute approximate surface area is 171 Å². The van der Waals surface area contributed by atoms with E-state index in [-0.39, 0.29) is 12.0 Å². The Balaban J connectivity index is 1.80. The summed E-state index contributed by atoms with van der Waals surface area (Å²) in [7, 11) is 0. The third-order valence-corrected chi connectivity index (χ3v) is 5.17. The molecule has 0 spiro atoms. The number of nitrogens with zero attached hydrogens (tertiary/aromatic N) is 1. The molecule has 2 N–H and O–H groups in total. The van der Waals surface area contributed by atoms with E-state index in [0.29, 0.717) is 23.1 Å². The Bertz CT molecular complexity index is 889. The number of nitrogens with one attached hydrogen (secondary N) is 2. The van der Waals surface area contributed by atoms with E-state index in [1.807, 2.05) is 57.2 Å². The molecule has 0 aliphatic carbocycles. The van der Waals surface area contributed by atoms with Crippen LogP contribution in [0.25, 0.3) is 0 Å². The number of anilines is 1. The number of ether oxygens (including phenoxy) is 1. The molecule has 1 saturated heterocycles. The first kappa shape index (κ1) is 20.4. The molecule has 3 rings (SSSR count). The molecule has 28 heavy (non-hydrogen) atoms. The summed E-state index contributed by atoms with van der Waals surface area (Å²) in [5.74, 6) is 0.186. The SMILES string of the molecule is Cc1ccc(C(=O)NC(=NC[C@H]2CCCO2)Nc2cc(Cl)ccc2C)cc1C. The molecular formula is C22H26ClN3O2. The third-order valence-electron chi connectivity index (χ3n) is 4.93. The fraction of sp³-hybridized carbons (Fsp3) is 0.364. The number of halogens is 1. The number of benzene rings is 2. The lowest BCUT2D eigenvalue weighted by molar-refractivity contribution is 0.0975. The van der Waals surface area contributed by atoms with Crippen LogP contribution in [-0.4, -0.2) is 31.1 Å². The normalized spacial score (nSPS) is 16.9. The van der Waals surface area contributed by atoms with Crippen LogP contribution in [0, 0.1) is 20.8 Å². The van der Waals surface area contributed by atoms with Gasteiger partial charge in [0.25, 0.3) is 5.91 Å². The lowest BCUT2D eigenvalue weighted by atomic mass is 10.1. The number of aliphatic imine (C=N–C) groups is 1. The van der Waals surface area contributed by atoms with Gasteiger partial charge in [0.1, 0.15) is 0 Å². The summed E-state index contributed by atoms with van der Waals surface area (Å²) < 4.78 is 5.65. The summed E-state index contributed by atoms with van der Waals surface area (Å²) in [4.78, 5) is 17.4. The Morgan fingerprint density at radius 3 is 2.64 bits per heavy atom. The van der Waals surface area contributed by atoms with Crippen molar-refractivity contribution in [2.45, 2.75) is 39.7 Å². The minimum Gasteiger partial charge on any atom is -0.376 e. The highest BCUT2D eigenvalue weighted by Crippen LogP contribution is 2.20. The molecule has 148 valence electrons. The van der Waals surface area contributed by atoms with Crippen LogP contribution < -0.4 is 10.6 Å². The van der Waals surface area contributed by atoms with Gasteiger partial charge in [0.15, 0.2) is 0 Å². The molecule has 0 saturated carbocycles. The van der Waals surface area contributed by atoms with E-state index < -0.39 is 0 Å². The monoisotopic (exact) mass is 399 g/mol. The van der Waals surface area contributed by atoms with Gasteiger partial charge in [0.05, 0.1) is 12.6 Å². The number of hydrogen-bond donors (Lipinski definition) is 2. The second-order valence-electron chi connectivity index (χ2n) is 7.16. The molecule has 0 unspecified atom stereocenters. The van der Waals surface area contributed by atoms with Gasteiger partial charge in [-0.25, -0.2) is 4.99 Å². The van der Waals surface area contributed by atoms with Crippen molar-refractivity contribution in [2.24, 2.45) is 4.99 Å². The summed E-state index contributed by atoms with van der Waals surface area (Å²) in [6.45, 7) is 7.25. The van der Waals surface area contributed by atoms with Crippen LogP contribution in [-0.2, 0) is 4.74 Å². The zero-order valence-corrected chi connectivity index (χ0v) is 17.3. The van der Waals surface area contributed by atoms with Crippen molar-refractivity contribution in [2.75, 3.05) is 18.5 Å². The Morgan fingerprint density at radius 1 is 1.14 bits per heavy atom. The van der Waals surface area contributed by atoms with Crippen molar-refractivity contribution in [1.82, 2.24) is 5.32 Å². The molecule has 0 bridgehead atoms. The molecule has 2 aromatic rings. The number of aryl methyl sites for hydroxylation is 3. The predicted molar refractivity (Wildman–Crippen MR) is 114 cm³/mol. The van der Waals surface area contributed by atoms with Gasteiger partial charge >= 0.3 is 0 Å². The van der Waals surface area contributed by atoms with E-state index in [0.717, 1.165) is 41.8 Å². The van der Waals surface area contributed by atoms with Crippen LogP contribution in [0.2, 0.25) is 5.02 Å².